The second kappa shape index (κ2) is 2.84. The number of para-hydroxylation sites is 1. The number of benzene rings is 1. The first-order chi connectivity index (χ1) is 7.65. The molecule has 2 aliphatic rings. The van der Waals surface area contributed by atoms with Crippen LogP contribution in [-0.2, 0) is 15.2 Å². The lowest BCUT2D eigenvalue weighted by Crippen LogP contribution is -2.38. The quantitative estimate of drug-likeness (QED) is 0.661. The predicted octanol–water partition coefficient (Wildman–Crippen LogP) is 1.65. The normalized spacial score (nSPS) is 27.0. The van der Waals surface area contributed by atoms with Crippen molar-refractivity contribution in [3.05, 3.63) is 29.8 Å². The number of anilines is 1. The van der Waals surface area contributed by atoms with Gasteiger partial charge < -0.3 is 9.74 Å². The average molecular weight is 216 g/mol. The van der Waals surface area contributed by atoms with E-state index in [-0.39, 0.29) is 5.91 Å². The standard InChI is InChI=1S/C12H12N2O2/c1-8-7-12(16-13-8)9-5-3-4-6-10(9)14(2)11(12)15/h3-6H,7H2,1-2H3. The van der Waals surface area contributed by atoms with Crippen molar-refractivity contribution in [2.75, 3.05) is 11.9 Å². The summed E-state index contributed by atoms with van der Waals surface area (Å²) in [4.78, 5) is 19.3. The maximum Gasteiger partial charge on any atom is 0.279 e. The minimum absolute atomic E-state index is 0.0331. The van der Waals surface area contributed by atoms with Gasteiger partial charge in [0, 0.05) is 19.0 Å². The van der Waals surface area contributed by atoms with Gasteiger partial charge in [0.2, 0.25) is 5.60 Å². The number of likely N-dealkylation sites (N-methyl/N-ethyl adjacent to an activating group) is 1. The van der Waals surface area contributed by atoms with Crippen molar-refractivity contribution < 1.29 is 9.63 Å². The summed E-state index contributed by atoms with van der Waals surface area (Å²) in [6, 6.07) is 7.71. The number of nitrogens with zero attached hydrogens (tertiary/aromatic N) is 2. The summed E-state index contributed by atoms with van der Waals surface area (Å²) in [5.74, 6) is -0.0331. The van der Waals surface area contributed by atoms with Gasteiger partial charge in [0.25, 0.3) is 5.91 Å². The van der Waals surface area contributed by atoms with Crippen molar-refractivity contribution in [2.45, 2.75) is 18.9 Å². The Morgan fingerprint density at radius 1 is 1.44 bits per heavy atom. The van der Waals surface area contributed by atoms with Crippen molar-refractivity contribution in [3.8, 4) is 0 Å². The Morgan fingerprint density at radius 3 is 2.88 bits per heavy atom. The molecular formula is C12H12N2O2. The zero-order valence-electron chi connectivity index (χ0n) is 9.23. The smallest absolute Gasteiger partial charge is 0.279 e. The first-order valence-electron chi connectivity index (χ1n) is 5.24. The molecule has 2 heterocycles. The molecule has 0 aromatic heterocycles. The molecule has 4 heteroatoms. The molecule has 0 radical (unpaired) electrons. The number of hydrogen-bond donors (Lipinski definition) is 0. The molecule has 3 rings (SSSR count). The Labute approximate surface area is 93.5 Å². The summed E-state index contributed by atoms with van der Waals surface area (Å²) in [6.45, 7) is 1.88. The Hall–Kier alpha value is -1.84. The fraction of sp³-hybridized carbons (Fsp3) is 0.333. The third-order valence-corrected chi connectivity index (χ3v) is 3.21. The highest BCUT2D eigenvalue weighted by Gasteiger charge is 2.55. The molecule has 0 aliphatic carbocycles. The van der Waals surface area contributed by atoms with E-state index in [1.807, 2.05) is 31.2 Å². The van der Waals surface area contributed by atoms with Gasteiger partial charge in [0.15, 0.2) is 0 Å². The molecule has 1 aromatic rings. The van der Waals surface area contributed by atoms with Crippen LogP contribution in [0.2, 0.25) is 0 Å². The van der Waals surface area contributed by atoms with E-state index in [4.69, 9.17) is 4.84 Å². The molecule has 0 N–H and O–H groups in total. The second-order valence-electron chi connectivity index (χ2n) is 4.30. The number of oxime groups is 1. The summed E-state index contributed by atoms with van der Waals surface area (Å²) in [6.07, 6.45) is 0.549. The summed E-state index contributed by atoms with van der Waals surface area (Å²) in [5, 5.41) is 3.92. The van der Waals surface area contributed by atoms with E-state index in [2.05, 4.69) is 5.16 Å². The highest BCUT2D eigenvalue weighted by Crippen LogP contribution is 2.46. The van der Waals surface area contributed by atoms with E-state index in [0.29, 0.717) is 6.42 Å². The molecule has 4 nitrogen and oxygen atoms in total. The van der Waals surface area contributed by atoms with E-state index in [1.54, 1.807) is 11.9 Å². The topological polar surface area (TPSA) is 41.9 Å². The van der Waals surface area contributed by atoms with Crippen LogP contribution >= 0.6 is 0 Å². The molecule has 0 fully saturated rings. The van der Waals surface area contributed by atoms with E-state index >= 15 is 0 Å². The van der Waals surface area contributed by atoms with Crippen molar-refractivity contribution in [3.63, 3.8) is 0 Å². The lowest BCUT2D eigenvalue weighted by Gasteiger charge is -2.19. The van der Waals surface area contributed by atoms with Gasteiger partial charge in [-0.15, -0.1) is 0 Å². The van der Waals surface area contributed by atoms with Gasteiger partial charge >= 0.3 is 0 Å². The molecule has 1 spiro atoms. The molecule has 0 bridgehead atoms. The third-order valence-electron chi connectivity index (χ3n) is 3.21. The Morgan fingerprint density at radius 2 is 2.19 bits per heavy atom. The number of amides is 1. The first-order valence-corrected chi connectivity index (χ1v) is 5.24. The fourth-order valence-electron chi connectivity index (χ4n) is 2.44. The molecule has 2 aliphatic heterocycles. The summed E-state index contributed by atoms with van der Waals surface area (Å²) >= 11 is 0. The van der Waals surface area contributed by atoms with Gasteiger partial charge in [-0.1, -0.05) is 23.4 Å². The van der Waals surface area contributed by atoms with Gasteiger partial charge in [0.1, 0.15) is 0 Å². The molecule has 0 saturated heterocycles. The Balaban J connectivity index is 2.19. The van der Waals surface area contributed by atoms with Gasteiger partial charge in [-0.25, -0.2) is 0 Å². The minimum Gasteiger partial charge on any atom is -0.374 e. The largest absolute Gasteiger partial charge is 0.374 e. The molecule has 16 heavy (non-hydrogen) atoms. The van der Waals surface area contributed by atoms with Gasteiger partial charge in [0.05, 0.1) is 11.4 Å². The van der Waals surface area contributed by atoms with Crippen molar-refractivity contribution in [2.24, 2.45) is 5.16 Å². The van der Waals surface area contributed by atoms with Crippen LogP contribution in [0.5, 0.6) is 0 Å². The lowest BCUT2D eigenvalue weighted by molar-refractivity contribution is -0.139. The lowest BCUT2D eigenvalue weighted by atomic mass is 9.91. The van der Waals surface area contributed by atoms with Crippen LogP contribution in [0.15, 0.2) is 29.4 Å². The SMILES string of the molecule is CC1=NOC2(C1)C(=O)N(C)c1ccccc12. The van der Waals surface area contributed by atoms with E-state index in [9.17, 15) is 4.79 Å². The monoisotopic (exact) mass is 216 g/mol. The van der Waals surface area contributed by atoms with Crippen LogP contribution < -0.4 is 4.90 Å². The zero-order valence-corrected chi connectivity index (χ0v) is 9.23. The van der Waals surface area contributed by atoms with Crippen LogP contribution in [0.3, 0.4) is 0 Å². The summed E-state index contributed by atoms with van der Waals surface area (Å²) in [7, 11) is 1.77. The Bertz CT molecular complexity index is 509. The van der Waals surface area contributed by atoms with Crippen LogP contribution in [0.4, 0.5) is 5.69 Å². The molecule has 1 amide bonds. The average Bonchev–Trinajstić information content (AvgIpc) is 2.78. The Kier molecular flexibility index (Phi) is 1.67. The number of carbonyl (C=O) groups excluding carboxylic acids is 1. The first kappa shape index (κ1) is 9.39. The number of fused-ring (bicyclic) bond motifs is 2. The van der Waals surface area contributed by atoms with Crippen LogP contribution in [0.25, 0.3) is 0 Å². The molecule has 1 unspecified atom stereocenters. The zero-order chi connectivity index (χ0) is 11.3. The van der Waals surface area contributed by atoms with Gasteiger partial charge in [-0.2, -0.15) is 0 Å². The predicted molar refractivity (Wildman–Crippen MR) is 60.3 cm³/mol. The van der Waals surface area contributed by atoms with Crippen molar-refractivity contribution in [1.29, 1.82) is 0 Å². The van der Waals surface area contributed by atoms with Crippen LogP contribution in [0.1, 0.15) is 18.9 Å². The third kappa shape index (κ3) is 0.939. The number of hydrogen-bond acceptors (Lipinski definition) is 3. The minimum atomic E-state index is -0.893. The number of carbonyl (C=O) groups is 1. The molecular weight excluding hydrogens is 204 g/mol. The molecule has 1 atom stereocenters. The second-order valence-corrected chi connectivity index (χ2v) is 4.30. The molecule has 0 saturated carbocycles. The maximum absolute atomic E-state index is 12.3. The van der Waals surface area contributed by atoms with Crippen molar-refractivity contribution >= 4 is 17.3 Å². The highest BCUT2D eigenvalue weighted by molar-refractivity contribution is 6.09. The summed E-state index contributed by atoms with van der Waals surface area (Å²) < 4.78 is 0. The summed E-state index contributed by atoms with van der Waals surface area (Å²) in [5.41, 5.74) is 1.80. The van der Waals surface area contributed by atoms with Gasteiger partial charge in [-0.3, -0.25) is 4.79 Å². The van der Waals surface area contributed by atoms with Gasteiger partial charge in [-0.05, 0) is 13.0 Å². The number of rotatable bonds is 0. The highest BCUT2D eigenvalue weighted by atomic mass is 16.7. The van der Waals surface area contributed by atoms with E-state index < -0.39 is 5.60 Å². The fourth-order valence-corrected chi connectivity index (χ4v) is 2.44. The molecule has 1 aromatic carbocycles. The van der Waals surface area contributed by atoms with Crippen LogP contribution in [0, 0.1) is 0 Å². The van der Waals surface area contributed by atoms with Crippen molar-refractivity contribution in [1.82, 2.24) is 0 Å². The van der Waals surface area contributed by atoms with Crippen LogP contribution in [-0.4, -0.2) is 18.7 Å². The van der Waals surface area contributed by atoms with E-state index in [1.165, 1.54) is 0 Å². The van der Waals surface area contributed by atoms with E-state index in [0.717, 1.165) is 17.0 Å². The maximum atomic E-state index is 12.3. The molecule has 82 valence electrons.